The molecule has 0 radical (unpaired) electrons. The SMILES string of the molecule is CC1(C)C(Br)CCN1c1ncc(Br)cn1. The first-order chi connectivity index (χ1) is 7.01. The van der Waals surface area contributed by atoms with Gasteiger partial charge in [-0.05, 0) is 36.2 Å². The molecule has 0 N–H and O–H groups in total. The summed E-state index contributed by atoms with van der Waals surface area (Å²) in [6.07, 6.45) is 4.71. The molecule has 0 aliphatic carbocycles. The van der Waals surface area contributed by atoms with E-state index < -0.39 is 0 Å². The third-order valence-electron chi connectivity index (χ3n) is 2.92. The quantitative estimate of drug-likeness (QED) is 0.739. The van der Waals surface area contributed by atoms with E-state index in [0.717, 1.165) is 23.4 Å². The maximum absolute atomic E-state index is 4.34. The molecule has 5 heteroatoms. The molecule has 1 unspecified atom stereocenters. The van der Waals surface area contributed by atoms with Gasteiger partial charge in [0.05, 0.1) is 10.0 Å². The highest BCUT2D eigenvalue weighted by Crippen LogP contribution is 2.36. The topological polar surface area (TPSA) is 29.0 Å². The summed E-state index contributed by atoms with van der Waals surface area (Å²) < 4.78 is 0.915. The molecular weight excluding hydrogens is 322 g/mol. The molecule has 0 amide bonds. The van der Waals surface area contributed by atoms with E-state index in [0.29, 0.717) is 4.83 Å². The fraction of sp³-hybridized carbons (Fsp3) is 0.600. The van der Waals surface area contributed by atoms with Crippen LogP contribution >= 0.6 is 31.9 Å². The average molecular weight is 335 g/mol. The predicted octanol–water partition coefficient (Wildman–Crippen LogP) is 2.99. The van der Waals surface area contributed by atoms with E-state index in [1.54, 1.807) is 12.4 Å². The summed E-state index contributed by atoms with van der Waals surface area (Å²) in [5.74, 6) is 0.810. The standard InChI is InChI=1S/C10H13Br2N3/c1-10(2)8(12)3-4-15(10)9-13-5-7(11)6-14-9/h5-6,8H,3-4H2,1-2H3. The highest BCUT2D eigenvalue weighted by Gasteiger charge is 2.40. The van der Waals surface area contributed by atoms with E-state index in [9.17, 15) is 0 Å². The lowest BCUT2D eigenvalue weighted by Gasteiger charge is -2.33. The molecule has 2 rings (SSSR count). The fourth-order valence-electron chi connectivity index (χ4n) is 1.86. The Balaban J connectivity index is 2.28. The van der Waals surface area contributed by atoms with Crippen LogP contribution in [0.1, 0.15) is 20.3 Å². The van der Waals surface area contributed by atoms with Crippen LogP contribution in [0.15, 0.2) is 16.9 Å². The Labute approximate surface area is 107 Å². The molecule has 0 aromatic carbocycles. The summed E-state index contributed by atoms with van der Waals surface area (Å²) >= 11 is 7.05. The van der Waals surface area contributed by atoms with Gasteiger partial charge >= 0.3 is 0 Å². The van der Waals surface area contributed by atoms with Crippen LogP contribution < -0.4 is 4.90 Å². The van der Waals surface area contributed by atoms with Crippen LogP contribution in [-0.2, 0) is 0 Å². The van der Waals surface area contributed by atoms with Gasteiger partial charge in [-0.25, -0.2) is 9.97 Å². The predicted molar refractivity (Wildman–Crippen MR) is 68.5 cm³/mol. The molecule has 1 aliphatic heterocycles. The normalized spacial score (nSPS) is 24.5. The monoisotopic (exact) mass is 333 g/mol. The minimum atomic E-state index is 0.0772. The van der Waals surface area contributed by atoms with Gasteiger partial charge < -0.3 is 4.90 Å². The number of halogens is 2. The Morgan fingerprint density at radius 2 is 2.00 bits per heavy atom. The van der Waals surface area contributed by atoms with Crippen molar-refractivity contribution < 1.29 is 0 Å². The molecule has 1 aliphatic rings. The van der Waals surface area contributed by atoms with Gasteiger partial charge in [-0.15, -0.1) is 0 Å². The molecule has 82 valence electrons. The Bertz CT molecular complexity index is 350. The largest absolute Gasteiger partial charge is 0.335 e. The molecule has 0 saturated carbocycles. The number of alkyl halides is 1. The van der Waals surface area contributed by atoms with Crippen LogP contribution in [0.5, 0.6) is 0 Å². The molecule has 3 nitrogen and oxygen atoms in total. The lowest BCUT2D eigenvalue weighted by Crippen LogP contribution is -2.43. The zero-order valence-electron chi connectivity index (χ0n) is 8.74. The molecule has 1 aromatic rings. The smallest absolute Gasteiger partial charge is 0.225 e. The summed E-state index contributed by atoms with van der Waals surface area (Å²) in [6, 6.07) is 0. The Hall–Kier alpha value is -0.160. The molecule has 1 atom stereocenters. The summed E-state index contributed by atoms with van der Waals surface area (Å²) in [6.45, 7) is 5.43. The zero-order valence-corrected chi connectivity index (χ0v) is 11.9. The number of hydrogen-bond donors (Lipinski definition) is 0. The van der Waals surface area contributed by atoms with Gasteiger partial charge in [-0.2, -0.15) is 0 Å². The molecule has 15 heavy (non-hydrogen) atoms. The average Bonchev–Trinajstić information content (AvgIpc) is 2.44. The first kappa shape index (κ1) is 11.3. The molecule has 0 bridgehead atoms. The molecule has 2 heterocycles. The van der Waals surface area contributed by atoms with E-state index in [1.807, 2.05) is 0 Å². The van der Waals surface area contributed by atoms with Crippen molar-refractivity contribution in [2.45, 2.75) is 30.6 Å². The van der Waals surface area contributed by atoms with Gasteiger partial charge in [0.2, 0.25) is 5.95 Å². The Morgan fingerprint density at radius 1 is 1.40 bits per heavy atom. The number of rotatable bonds is 1. The summed E-state index contributed by atoms with van der Waals surface area (Å²) in [7, 11) is 0. The number of nitrogens with zero attached hydrogens (tertiary/aromatic N) is 3. The maximum Gasteiger partial charge on any atom is 0.225 e. The third kappa shape index (κ3) is 2.04. The first-order valence-corrected chi connectivity index (χ1v) is 6.62. The number of aromatic nitrogens is 2. The van der Waals surface area contributed by atoms with Crippen LogP contribution in [0.4, 0.5) is 5.95 Å². The van der Waals surface area contributed by atoms with Gasteiger partial charge in [0, 0.05) is 23.8 Å². The summed E-state index contributed by atoms with van der Waals surface area (Å²) in [4.78, 5) is 11.4. The van der Waals surface area contributed by atoms with E-state index in [2.05, 4.69) is 60.6 Å². The van der Waals surface area contributed by atoms with Crippen molar-refractivity contribution >= 4 is 37.8 Å². The van der Waals surface area contributed by atoms with Crippen molar-refractivity contribution in [2.75, 3.05) is 11.4 Å². The Kier molecular flexibility index (Phi) is 3.03. The van der Waals surface area contributed by atoms with Gasteiger partial charge in [-0.1, -0.05) is 15.9 Å². The van der Waals surface area contributed by atoms with Crippen LogP contribution in [0.25, 0.3) is 0 Å². The lowest BCUT2D eigenvalue weighted by atomic mass is 10.0. The molecular formula is C10H13Br2N3. The Morgan fingerprint density at radius 3 is 2.47 bits per heavy atom. The van der Waals surface area contributed by atoms with Crippen LogP contribution in [0, 0.1) is 0 Å². The van der Waals surface area contributed by atoms with E-state index in [-0.39, 0.29) is 5.54 Å². The molecule has 0 spiro atoms. The minimum Gasteiger partial charge on any atom is -0.335 e. The highest BCUT2D eigenvalue weighted by atomic mass is 79.9. The van der Waals surface area contributed by atoms with Crippen molar-refractivity contribution in [1.82, 2.24) is 9.97 Å². The van der Waals surface area contributed by atoms with Crippen LogP contribution in [-0.4, -0.2) is 26.9 Å². The fourth-order valence-corrected chi connectivity index (χ4v) is 2.51. The van der Waals surface area contributed by atoms with Gasteiger partial charge in [-0.3, -0.25) is 0 Å². The zero-order chi connectivity index (χ0) is 11.1. The lowest BCUT2D eigenvalue weighted by molar-refractivity contribution is 0.525. The van der Waals surface area contributed by atoms with E-state index in [4.69, 9.17) is 0 Å². The first-order valence-electron chi connectivity index (χ1n) is 4.91. The number of hydrogen-bond acceptors (Lipinski definition) is 3. The summed E-state index contributed by atoms with van der Waals surface area (Å²) in [5.41, 5.74) is 0.0772. The van der Waals surface area contributed by atoms with Gasteiger partial charge in [0.15, 0.2) is 0 Å². The van der Waals surface area contributed by atoms with Crippen molar-refractivity contribution in [3.05, 3.63) is 16.9 Å². The van der Waals surface area contributed by atoms with E-state index >= 15 is 0 Å². The second-order valence-electron chi connectivity index (χ2n) is 4.26. The summed E-state index contributed by atoms with van der Waals surface area (Å²) in [5, 5.41) is 0. The molecule has 1 aromatic heterocycles. The second kappa shape index (κ2) is 4.01. The van der Waals surface area contributed by atoms with Gasteiger partial charge in [0.25, 0.3) is 0 Å². The van der Waals surface area contributed by atoms with Crippen LogP contribution in [0.3, 0.4) is 0 Å². The maximum atomic E-state index is 4.34. The highest BCUT2D eigenvalue weighted by molar-refractivity contribution is 9.10. The van der Waals surface area contributed by atoms with Crippen molar-refractivity contribution in [2.24, 2.45) is 0 Å². The second-order valence-corrected chi connectivity index (χ2v) is 6.28. The third-order valence-corrected chi connectivity index (χ3v) is 4.90. The van der Waals surface area contributed by atoms with Crippen LogP contribution in [0.2, 0.25) is 0 Å². The van der Waals surface area contributed by atoms with Gasteiger partial charge in [0.1, 0.15) is 0 Å². The van der Waals surface area contributed by atoms with Crippen molar-refractivity contribution in [1.29, 1.82) is 0 Å². The molecule has 1 saturated heterocycles. The van der Waals surface area contributed by atoms with Crippen molar-refractivity contribution in [3.8, 4) is 0 Å². The van der Waals surface area contributed by atoms with Crippen molar-refractivity contribution in [3.63, 3.8) is 0 Å². The minimum absolute atomic E-state index is 0.0772. The molecule has 1 fully saturated rings. The van der Waals surface area contributed by atoms with E-state index in [1.165, 1.54) is 0 Å². The number of anilines is 1.